The molecule has 1 fully saturated rings. The summed E-state index contributed by atoms with van der Waals surface area (Å²) in [5, 5.41) is 0. The minimum absolute atomic E-state index is 0.225. The average molecular weight is 363 g/mol. The van der Waals surface area contributed by atoms with Gasteiger partial charge in [0, 0.05) is 12.0 Å². The molecule has 3 rings (SSSR count). The lowest BCUT2D eigenvalue weighted by atomic mass is 9.96. The summed E-state index contributed by atoms with van der Waals surface area (Å²) in [4.78, 5) is 0.234. The molecule has 2 aromatic carbocycles. The van der Waals surface area contributed by atoms with Crippen molar-refractivity contribution in [2.24, 2.45) is 0 Å². The fourth-order valence-electron chi connectivity index (χ4n) is 3.23. The van der Waals surface area contributed by atoms with E-state index in [1.165, 1.54) is 12.1 Å². The molecule has 134 valence electrons. The van der Waals surface area contributed by atoms with E-state index in [9.17, 15) is 12.8 Å². The van der Waals surface area contributed by atoms with Crippen molar-refractivity contribution in [1.82, 2.24) is 4.72 Å². The topological polar surface area (TPSA) is 55.4 Å². The summed E-state index contributed by atoms with van der Waals surface area (Å²) in [5.41, 5.74) is 2.31. The number of hydrogen-bond acceptors (Lipinski definition) is 3. The van der Waals surface area contributed by atoms with E-state index in [1.54, 1.807) is 31.4 Å². The summed E-state index contributed by atoms with van der Waals surface area (Å²) in [6.07, 6.45) is 1.78. The highest BCUT2D eigenvalue weighted by Crippen LogP contribution is 2.47. The van der Waals surface area contributed by atoms with Crippen molar-refractivity contribution in [1.29, 1.82) is 0 Å². The first-order valence-corrected chi connectivity index (χ1v) is 9.67. The number of benzene rings is 2. The number of rotatable bonds is 6. The number of sulfonamides is 1. The third-order valence-corrected chi connectivity index (χ3v) is 6.24. The first-order valence-electron chi connectivity index (χ1n) is 8.18. The zero-order chi connectivity index (χ0) is 18.2. The lowest BCUT2D eigenvalue weighted by molar-refractivity contribution is 0.408. The van der Waals surface area contributed by atoms with Crippen molar-refractivity contribution in [2.75, 3.05) is 13.7 Å². The highest BCUT2D eigenvalue weighted by molar-refractivity contribution is 7.89. The van der Waals surface area contributed by atoms with E-state index in [1.807, 2.05) is 13.8 Å². The molecule has 0 saturated heterocycles. The highest BCUT2D eigenvalue weighted by atomic mass is 32.2. The molecule has 0 aromatic heterocycles. The lowest BCUT2D eigenvalue weighted by Gasteiger charge is -2.18. The molecule has 0 radical (unpaired) electrons. The van der Waals surface area contributed by atoms with Crippen molar-refractivity contribution in [3.8, 4) is 5.75 Å². The molecule has 2 aromatic rings. The van der Waals surface area contributed by atoms with Crippen LogP contribution in [0.1, 0.15) is 29.5 Å². The number of aryl methyl sites for hydroxylation is 2. The third kappa shape index (κ3) is 3.55. The molecule has 6 heteroatoms. The van der Waals surface area contributed by atoms with Crippen molar-refractivity contribution in [3.05, 3.63) is 58.9 Å². The molecule has 0 heterocycles. The van der Waals surface area contributed by atoms with Crippen LogP contribution in [0.5, 0.6) is 5.75 Å². The van der Waals surface area contributed by atoms with Crippen LogP contribution in [0.2, 0.25) is 0 Å². The SMILES string of the molecule is COc1c(C)cc(S(=O)(=O)NCC2(c3ccc(F)cc3)CC2)cc1C. The Labute approximate surface area is 148 Å². The van der Waals surface area contributed by atoms with E-state index in [2.05, 4.69) is 4.72 Å². The molecule has 1 saturated carbocycles. The van der Waals surface area contributed by atoms with Crippen LogP contribution in [-0.2, 0) is 15.4 Å². The van der Waals surface area contributed by atoms with Gasteiger partial charge in [0.05, 0.1) is 12.0 Å². The predicted octanol–water partition coefficient (Wildman–Crippen LogP) is 3.46. The fourth-order valence-corrected chi connectivity index (χ4v) is 4.52. The Bertz CT molecular complexity index is 864. The second-order valence-corrected chi connectivity index (χ2v) is 8.47. The largest absolute Gasteiger partial charge is 0.496 e. The van der Waals surface area contributed by atoms with Crippen LogP contribution in [0.4, 0.5) is 4.39 Å². The van der Waals surface area contributed by atoms with Crippen molar-refractivity contribution < 1.29 is 17.5 Å². The highest BCUT2D eigenvalue weighted by Gasteiger charge is 2.44. The molecule has 25 heavy (non-hydrogen) atoms. The molecule has 1 aliphatic rings. The average Bonchev–Trinajstić information content (AvgIpc) is 3.35. The Hall–Kier alpha value is -1.92. The molecule has 1 N–H and O–H groups in total. The fraction of sp³-hybridized carbons (Fsp3) is 0.368. The van der Waals surface area contributed by atoms with Crippen LogP contribution in [0, 0.1) is 19.7 Å². The van der Waals surface area contributed by atoms with Gasteiger partial charge in [0.15, 0.2) is 0 Å². The number of nitrogens with one attached hydrogen (secondary N) is 1. The molecule has 4 nitrogen and oxygen atoms in total. The Kier molecular flexibility index (Phi) is 4.60. The van der Waals surface area contributed by atoms with Gasteiger partial charge in [-0.3, -0.25) is 0 Å². The van der Waals surface area contributed by atoms with Crippen molar-refractivity contribution in [2.45, 2.75) is 37.0 Å². The zero-order valence-corrected chi connectivity index (χ0v) is 15.4. The molecule has 0 unspecified atom stereocenters. The number of hydrogen-bond donors (Lipinski definition) is 1. The summed E-state index contributed by atoms with van der Waals surface area (Å²) in [7, 11) is -2.05. The van der Waals surface area contributed by atoms with E-state index in [0.717, 1.165) is 29.5 Å². The van der Waals surface area contributed by atoms with Crippen LogP contribution in [-0.4, -0.2) is 22.1 Å². The maximum absolute atomic E-state index is 13.1. The first kappa shape index (κ1) is 17.9. The quantitative estimate of drug-likeness (QED) is 0.855. The van der Waals surface area contributed by atoms with Gasteiger partial charge >= 0.3 is 0 Å². The number of ether oxygens (including phenoxy) is 1. The smallest absolute Gasteiger partial charge is 0.240 e. The van der Waals surface area contributed by atoms with Crippen molar-refractivity contribution >= 4 is 10.0 Å². The minimum Gasteiger partial charge on any atom is -0.496 e. The summed E-state index contributed by atoms with van der Waals surface area (Å²) in [6, 6.07) is 9.54. The Morgan fingerprint density at radius 3 is 2.16 bits per heavy atom. The molecule has 0 aliphatic heterocycles. The van der Waals surface area contributed by atoms with Gasteiger partial charge in [-0.2, -0.15) is 0 Å². The van der Waals surface area contributed by atoms with Crippen molar-refractivity contribution in [3.63, 3.8) is 0 Å². The van der Waals surface area contributed by atoms with Crippen LogP contribution >= 0.6 is 0 Å². The maximum atomic E-state index is 13.1. The van der Waals surface area contributed by atoms with E-state index < -0.39 is 10.0 Å². The molecular formula is C19H22FNO3S. The second kappa shape index (κ2) is 6.42. The monoisotopic (exact) mass is 363 g/mol. The minimum atomic E-state index is -3.62. The molecular weight excluding hydrogens is 341 g/mol. The second-order valence-electron chi connectivity index (χ2n) is 6.70. The van der Waals surface area contributed by atoms with Gasteiger partial charge in [-0.1, -0.05) is 12.1 Å². The van der Waals surface area contributed by atoms with Gasteiger partial charge in [0.1, 0.15) is 11.6 Å². The van der Waals surface area contributed by atoms with Gasteiger partial charge < -0.3 is 4.74 Å². The normalized spacial score (nSPS) is 15.8. The molecule has 1 aliphatic carbocycles. The maximum Gasteiger partial charge on any atom is 0.240 e. The Balaban J connectivity index is 1.80. The lowest BCUT2D eigenvalue weighted by Crippen LogP contribution is -2.32. The van der Waals surface area contributed by atoms with Gasteiger partial charge in [0.2, 0.25) is 10.0 Å². The van der Waals surface area contributed by atoms with Gasteiger partial charge in [-0.25, -0.2) is 17.5 Å². The third-order valence-electron chi connectivity index (χ3n) is 4.86. The number of halogens is 1. The zero-order valence-electron chi connectivity index (χ0n) is 14.6. The summed E-state index contributed by atoms with van der Waals surface area (Å²) < 4.78 is 46.5. The number of methoxy groups -OCH3 is 1. The van der Waals surface area contributed by atoms with Crippen LogP contribution in [0.25, 0.3) is 0 Å². The molecule has 0 spiro atoms. The molecule has 0 bridgehead atoms. The summed E-state index contributed by atoms with van der Waals surface area (Å²) in [5.74, 6) is 0.410. The van der Waals surface area contributed by atoms with Crippen LogP contribution in [0.15, 0.2) is 41.3 Å². The van der Waals surface area contributed by atoms with E-state index in [0.29, 0.717) is 12.3 Å². The molecule has 0 amide bonds. The van der Waals surface area contributed by atoms with E-state index in [4.69, 9.17) is 4.74 Å². The summed E-state index contributed by atoms with van der Waals surface area (Å²) in [6.45, 7) is 3.96. The van der Waals surface area contributed by atoms with Gasteiger partial charge in [0.25, 0.3) is 0 Å². The van der Waals surface area contributed by atoms with Gasteiger partial charge in [-0.15, -0.1) is 0 Å². The van der Waals surface area contributed by atoms with E-state index >= 15 is 0 Å². The van der Waals surface area contributed by atoms with Crippen LogP contribution < -0.4 is 9.46 Å². The van der Waals surface area contributed by atoms with Crippen LogP contribution in [0.3, 0.4) is 0 Å². The Morgan fingerprint density at radius 1 is 1.12 bits per heavy atom. The standard InChI is InChI=1S/C19H22FNO3S/c1-13-10-17(11-14(2)18(13)24-3)25(22,23)21-12-19(8-9-19)15-4-6-16(20)7-5-15/h4-7,10-11,21H,8-9,12H2,1-3H3. The molecule has 0 atom stereocenters. The van der Waals surface area contributed by atoms with Gasteiger partial charge in [-0.05, 0) is 67.6 Å². The Morgan fingerprint density at radius 2 is 1.68 bits per heavy atom. The first-order chi connectivity index (χ1) is 11.8. The summed E-state index contributed by atoms with van der Waals surface area (Å²) >= 11 is 0. The predicted molar refractivity (Wildman–Crippen MR) is 95.0 cm³/mol. The van der Waals surface area contributed by atoms with E-state index in [-0.39, 0.29) is 16.1 Å².